The molecule has 1 heterocycles. The van der Waals surface area contributed by atoms with Gasteiger partial charge in [-0.3, -0.25) is 4.79 Å². The Morgan fingerprint density at radius 1 is 1.40 bits per heavy atom. The van der Waals surface area contributed by atoms with Gasteiger partial charge in [0, 0.05) is 19.1 Å². The van der Waals surface area contributed by atoms with Crippen molar-refractivity contribution < 1.29 is 9.53 Å². The fourth-order valence-electron chi connectivity index (χ4n) is 3.45. The van der Waals surface area contributed by atoms with Crippen molar-refractivity contribution in [3.05, 3.63) is 29.8 Å². The number of nitrogens with zero attached hydrogens (tertiary/aromatic N) is 1. The first-order valence-electron chi connectivity index (χ1n) is 7.36. The Morgan fingerprint density at radius 3 is 3.00 bits per heavy atom. The highest BCUT2D eigenvalue weighted by molar-refractivity contribution is 5.78. The number of hydrogen-bond acceptors (Lipinski definition) is 3. The minimum Gasteiger partial charge on any atom is -0.484 e. The molecule has 108 valence electrons. The molecule has 1 saturated carbocycles. The average molecular weight is 274 g/mol. The smallest absolute Gasteiger partial charge is 0.260 e. The van der Waals surface area contributed by atoms with E-state index in [1.54, 1.807) is 0 Å². The predicted molar refractivity (Wildman–Crippen MR) is 77.4 cm³/mol. The summed E-state index contributed by atoms with van der Waals surface area (Å²) in [5, 5.41) is 0. The first-order chi connectivity index (χ1) is 9.63. The quantitative estimate of drug-likeness (QED) is 0.910. The van der Waals surface area contributed by atoms with E-state index in [0.717, 1.165) is 37.2 Å². The lowest BCUT2D eigenvalue weighted by molar-refractivity contribution is -0.132. The summed E-state index contributed by atoms with van der Waals surface area (Å²) in [5.74, 6) is 1.94. The van der Waals surface area contributed by atoms with Gasteiger partial charge in [-0.05, 0) is 49.3 Å². The molecule has 4 heteroatoms. The Balaban J connectivity index is 1.53. The molecule has 1 aromatic rings. The highest BCUT2D eigenvalue weighted by Crippen LogP contribution is 2.37. The number of likely N-dealkylation sites (tertiary alicyclic amines) is 1. The van der Waals surface area contributed by atoms with Gasteiger partial charge in [0.1, 0.15) is 5.75 Å². The second kappa shape index (κ2) is 5.44. The molecule has 0 aromatic heterocycles. The highest BCUT2D eigenvalue weighted by Gasteiger charge is 2.42. The van der Waals surface area contributed by atoms with Crippen LogP contribution in [0.1, 0.15) is 18.4 Å². The van der Waals surface area contributed by atoms with E-state index in [4.69, 9.17) is 10.5 Å². The van der Waals surface area contributed by atoms with E-state index in [0.29, 0.717) is 11.8 Å². The standard InChI is InChI=1S/C16H22N2O2/c1-11-3-2-4-13(7-11)20-10-16(19)18-8-12-5-6-15(17)14(12)9-18/h2-4,7,12,14-15H,5-6,8-10,17H2,1H3. The molecule has 2 fully saturated rings. The van der Waals surface area contributed by atoms with Gasteiger partial charge in [-0.2, -0.15) is 0 Å². The summed E-state index contributed by atoms with van der Waals surface area (Å²) in [4.78, 5) is 14.1. The minimum absolute atomic E-state index is 0.0770. The summed E-state index contributed by atoms with van der Waals surface area (Å²) < 4.78 is 5.59. The molecule has 2 N–H and O–H groups in total. The van der Waals surface area contributed by atoms with Crippen LogP contribution in [0.4, 0.5) is 0 Å². The zero-order valence-electron chi connectivity index (χ0n) is 11.9. The molecule has 1 amide bonds. The lowest BCUT2D eigenvalue weighted by atomic mass is 9.98. The van der Waals surface area contributed by atoms with E-state index in [9.17, 15) is 4.79 Å². The second-order valence-corrected chi connectivity index (χ2v) is 6.07. The third-order valence-corrected chi connectivity index (χ3v) is 4.62. The maximum atomic E-state index is 12.2. The molecule has 2 aliphatic rings. The summed E-state index contributed by atoms with van der Waals surface area (Å²) in [6.45, 7) is 3.80. The van der Waals surface area contributed by atoms with Crippen LogP contribution in [0.5, 0.6) is 5.75 Å². The molecule has 4 nitrogen and oxygen atoms in total. The van der Waals surface area contributed by atoms with Crippen LogP contribution in [0, 0.1) is 18.8 Å². The Hall–Kier alpha value is -1.55. The van der Waals surface area contributed by atoms with Gasteiger partial charge in [-0.1, -0.05) is 12.1 Å². The largest absolute Gasteiger partial charge is 0.484 e. The molecule has 0 bridgehead atoms. The lowest BCUT2D eigenvalue weighted by Crippen LogP contribution is -2.36. The van der Waals surface area contributed by atoms with Crippen molar-refractivity contribution in [3.8, 4) is 5.75 Å². The molecule has 1 saturated heterocycles. The maximum absolute atomic E-state index is 12.2. The third kappa shape index (κ3) is 2.66. The van der Waals surface area contributed by atoms with Gasteiger partial charge in [-0.15, -0.1) is 0 Å². The Kier molecular flexibility index (Phi) is 3.66. The van der Waals surface area contributed by atoms with Crippen LogP contribution in [-0.4, -0.2) is 36.5 Å². The van der Waals surface area contributed by atoms with Crippen LogP contribution < -0.4 is 10.5 Å². The van der Waals surface area contributed by atoms with E-state index >= 15 is 0 Å². The summed E-state index contributed by atoms with van der Waals surface area (Å²) in [7, 11) is 0. The van der Waals surface area contributed by atoms with Gasteiger partial charge >= 0.3 is 0 Å². The molecule has 1 aliphatic carbocycles. The summed E-state index contributed by atoms with van der Waals surface area (Å²) in [6.07, 6.45) is 2.27. The summed E-state index contributed by atoms with van der Waals surface area (Å²) >= 11 is 0. The molecule has 0 spiro atoms. The van der Waals surface area contributed by atoms with Gasteiger partial charge in [0.05, 0.1) is 0 Å². The number of nitrogens with two attached hydrogens (primary N) is 1. The number of carbonyl (C=O) groups is 1. The highest BCUT2D eigenvalue weighted by atomic mass is 16.5. The fourth-order valence-corrected chi connectivity index (χ4v) is 3.45. The van der Waals surface area contributed by atoms with E-state index in [1.165, 1.54) is 0 Å². The van der Waals surface area contributed by atoms with Crippen LogP contribution in [0.2, 0.25) is 0 Å². The molecule has 0 radical (unpaired) electrons. The van der Waals surface area contributed by atoms with Crippen molar-refractivity contribution >= 4 is 5.91 Å². The Morgan fingerprint density at radius 2 is 2.25 bits per heavy atom. The average Bonchev–Trinajstić information content (AvgIpc) is 2.99. The van der Waals surface area contributed by atoms with Gasteiger partial charge in [-0.25, -0.2) is 0 Å². The van der Waals surface area contributed by atoms with Gasteiger partial charge < -0.3 is 15.4 Å². The number of aryl methyl sites for hydroxylation is 1. The van der Waals surface area contributed by atoms with Gasteiger partial charge in [0.2, 0.25) is 0 Å². The molecule has 3 unspecified atom stereocenters. The Labute approximate surface area is 119 Å². The van der Waals surface area contributed by atoms with Gasteiger partial charge in [0.15, 0.2) is 6.61 Å². The van der Waals surface area contributed by atoms with Crippen LogP contribution in [0.15, 0.2) is 24.3 Å². The number of amides is 1. The minimum atomic E-state index is 0.0770. The first kappa shape index (κ1) is 13.4. The van der Waals surface area contributed by atoms with Crippen molar-refractivity contribution in [2.24, 2.45) is 17.6 Å². The van der Waals surface area contributed by atoms with Crippen LogP contribution in [0.25, 0.3) is 0 Å². The van der Waals surface area contributed by atoms with E-state index < -0.39 is 0 Å². The van der Waals surface area contributed by atoms with Crippen molar-refractivity contribution in [3.63, 3.8) is 0 Å². The molecule has 20 heavy (non-hydrogen) atoms. The summed E-state index contributed by atoms with van der Waals surface area (Å²) in [5.41, 5.74) is 7.23. The lowest BCUT2D eigenvalue weighted by Gasteiger charge is -2.19. The zero-order valence-corrected chi connectivity index (χ0v) is 11.9. The number of fused-ring (bicyclic) bond motifs is 1. The molecule has 1 aliphatic heterocycles. The summed E-state index contributed by atoms with van der Waals surface area (Å²) in [6, 6.07) is 8.05. The third-order valence-electron chi connectivity index (χ3n) is 4.62. The van der Waals surface area contributed by atoms with Crippen molar-refractivity contribution in [1.82, 2.24) is 4.90 Å². The molecular formula is C16H22N2O2. The van der Waals surface area contributed by atoms with E-state index in [1.807, 2.05) is 36.1 Å². The van der Waals surface area contributed by atoms with Crippen LogP contribution in [0.3, 0.4) is 0 Å². The number of rotatable bonds is 3. The van der Waals surface area contributed by atoms with Crippen molar-refractivity contribution in [2.75, 3.05) is 19.7 Å². The molecule has 1 aromatic carbocycles. The number of carbonyl (C=O) groups excluding carboxylic acids is 1. The fraction of sp³-hybridized carbons (Fsp3) is 0.562. The number of benzene rings is 1. The topological polar surface area (TPSA) is 55.6 Å². The van der Waals surface area contributed by atoms with Crippen molar-refractivity contribution in [1.29, 1.82) is 0 Å². The maximum Gasteiger partial charge on any atom is 0.260 e. The van der Waals surface area contributed by atoms with E-state index in [2.05, 4.69) is 0 Å². The monoisotopic (exact) mass is 274 g/mol. The Bertz CT molecular complexity index is 503. The SMILES string of the molecule is Cc1cccc(OCC(=O)N2CC3CCC(N)C3C2)c1. The molecule has 3 atom stereocenters. The predicted octanol–water partition coefficient (Wildman–Crippen LogP) is 1.57. The number of hydrogen-bond donors (Lipinski definition) is 1. The van der Waals surface area contributed by atoms with Gasteiger partial charge in [0.25, 0.3) is 5.91 Å². The van der Waals surface area contributed by atoms with E-state index in [-0.39, 0.29) is 18.6 Å². The van der Waals surface area contributed by atoms with Crippen LogP contribution >= 0.6 is 0 Å². The molecule has 3 rings (SSSR count). The zero-order chi connectivity index (χ0) is 14.1. The molecular weight excluding hydrogens is 252 g/mol. The first-order valence-corrected chi connectivity index (χ1v) is 7.36. The number of ether oxygens (including phenoxy) is 1. The van der Waals surface area contributed by atoms with Crippen LogP contribution in [-0.2, 0) is 4.79 Å². The van der Waals surface area contributed by atoms with Crippen molar-refractivity contribution in [2.45, 2.75) is 25.8 Å². The normalized spacial score (nSPS) is 28.5. The second-order valence-electron chi connectivity index (χ2n) is 6.07.